The third-order valence-electron chi connectivity index (χ3n) is 7.87. The quantitative estimate of drug-likeness (QED) is 0.309. The number of benzene rings is 2. The standard InChI is InChI=1S/C31H38FN3O4S/c1-18-25(11-20(12-27(18)32)29(38)34-21-5-6-21)19-4-7-24-26(10-19)28(40-23-8-9-33-22(13-23)15-36)14-35(30(24)39)16-31(2,3)17-37/h4,7,10-12,14,21-23,33,36-37H,5-6,8-9,13,15-17H2,1-3H3,(H,34,38). The van der Waals surface area contributed by atoms with E-state index in [-0.39, 0.29) is 47.6 Å². The molecule has 2 atom stereocenters. The fourth-order valence-electron chi connectivity index (χ4n) is 5.25. The molecule has 5 rings (SSSR count). The Bertz CT molecular complexity index is 1480. The van der Waals surface area contributed by atoms with Gasteiger partial charge in [0, 0.05) is 63.3 Å². The lowest BCUT2D eigenvalue weighted by molar-refractivity contribution is 0.0950. The molecule has 0 bridgehead atoms. The molecular weight excluding hydrogens is 529 g/mol. The molecule has 2 fully saturated rings. The van der Waals surface area contributed by atoms with Gasteiger partial charge in [-0.05, 0) is 80.1 Å². The van der Waals surface area contributed by atoms with E-state index in [4.69, 9.17) is 0 Å². The maximum Gasteiger partial charge on any atom is 0.258 e. The van der Waals surface area contributed by atoms with Gasteiger partial charge in [-0.2, -0.15) is 0 Å². The number of hydrogen-bond acceptors (Lipinski definition) is 6. The van der Waals surface area contributed by atoms with E-state index < -0.39 is 11.2 Å². The Kier molecular flexibility index (Phi) is 8.38. The Balaban J connectivity index is 1.60. The highest BCUT2D eigenvalue weighted by atomic mass is 32.2. The second kappa shape index (κ2) is 11.6. The highest BCUT2D eigenvalue weighted by molar-refractivity contribution is 8.00. The third kappa shape index (κ3) is 6.28. The van der Waals surface area contributed by atoms with Crippen molar-refractivity contribution >= 4 is 28.4 Å². The van der Waals surface area contributed by atoms with E-state index in [1.807, 2.05) is 32.2 Å². The molecule has 2 aliphatic rings. The van der Waals surface area contributed by atoms with Gasteiger partial charge in [-0.15, -0.1) is 11.8 Å². The lowest BCUT2D eigenvalue weighted by Gasteiger charge is -2.29. The first-order chi connectivity index (χ1) is 19.1. The summed E-state index contributed by atoms with van der Waals surface area (Å²) in [6.45, 7) is 6.72. The van der Waals surface area contributed by atoms with E-state index >= 15 is 4.39 Å². The van der Waals surface area contributed by atoms with Crippen LogP contribution in [-0.2, 0) is 6.54 Å². The summed E-state index contributed by atoms with van der Waals surface area (Å²) in [4.78, 5) is 27.3. The number of aliphatic hydroxyl groups excluding tert-OH is 2. The molecule has 0 spiro atoms. The van der Waals surface area contributed by atoms with Gasteiger partial charge in [0.15, 0.2) is 0 Å². The SMILES string of the molecule is Cc1c(F)cc(C(=O)NC2CC2)cc1-c1ccc2c(=O)n(CC(C)(C)CO)cc(SC3CCNC(CO)C3)c2c1. The molecule has 2 heterocycles. The Morgan fingerprint density at radius 2 is 1.95 bits per heavy atom. The molecular formula is C31H38FN3O4S. The predicted octanol–water partition coefficient (Wildman–Crippen LogP) is 4.23. The van der Waals surface area contributed by atoms with Crippen LogP contribution in [0.5, 0.6) is 0 Å². The number of nitrogens with zero attached hydrogens (tertiary/aromatic N) is 1. The maximum absolute atomic E-state index is 15.0. The van der Waals surface area contributed by atoms with Crippen molar-refractivity contribution in [3.05, 3.63) is 63.8 Å². The third-order valence-corrected chi connectivity index (χ3v) is 9.21. The number of carbonyl (C=O) groups excluding carboxylic acids is 1. The van der Waals surface area contributed by atoms with E-state index in [0.29, 0.717) is 23.1 Å². The Morgan fingerprint density at radius 3 is 2.65 bits per heavy atom. The summed E-state index contributed by atoms with van der Waals surface area (Å²) >= 11 is 1.69. The first kappa shape index (κ1) is 28.8. The zero-order valence-electron chi connectivity index (χ0n) is 23.3. The fourth-order valence-corrected chi connectivity index (χ4v) is 6.66. The molecule has 1 saturated heterocycles. The number of fused-ring (bicyclic) bond motifs is 1. The summed E-state index contributed by atoms with van der Waals surface area (Å²) in [5.41, 5.74) is 1.45. The van der Waals surface area contributed by atoms with Crippen molar-refractivity contribution in [1.82, 2.24) is 15.2 Å². The van der Waals surface area contributed by atoms with E-state index in [1.54, 1.807) is 35.4 Å². The maximum atomic E-state index is 15.0. The van der Waals surface area contributed by atoms with E-state index in [2.05, 4.69) is 10.6 Å². The predicted molar refractivity (Wildman–Crippen MR) is 157 cm³/mol. The van der Waals surface area contributed by atoms with Gasteiger partial charge in [0.05, 0.1) is 6.61 Å². The van der Waals surface area contributed by atoms with Gasteiger partial charge in [-0.3, -0.25) is 9.59 Å². The molecule has 2 unspecified atom stereocenters. The monoisotopic (exact) mass is 567 g/mol. The molecule has 1 aliphatic heterocycles. The molecule has 40 heavy (non-hydrogen) atoms. The Labute approximate surface area is 238 Å². The number of piperidine rings is 1. The van der Waals surface area contributed by atoms with Crippen LogP contribution in [0.4, 0.5) is 4.39 Å². The molecule has 1 aliphatic carbocycles. The lowest BCUT2D eigenvalue weighted by Crippen LogP contribution is -2.41. The van der Waals surface area contributed by atoms with Crippen molar-refractivity contribution in [2.45, 2.75) is 75.2 Å². The number of carbonyl (C=O) groups is 1. The average molecular weight is 568 g/mol. The molecule has 3 aromatic rings. The van der Waals surface area contributed by atoms with Crippen LogP contribution >= 0.6 is 11.8 Å². The largest absolute Gasteiger partial charge is 0.396 e. The average Bonchev–Trinajstić information content (AvgIpc) is 3.76. The molecule has 1 amide bonds. The van der Waals surface area contributed by atoms with Crippen LogP contribution in [0.15, 0.2) is 46.2 Å². The molecule has 1 saturated carbocycles. The van der Waals surface area contributed by atoms with Crippen LogP contribution in [0.2, 0.25) is 0 Å². The zero-order valence-corrected chi connectivity index (χ0v) is 24.1. The van der Waals surface area contributed by atoms with Crippen molar-refractivity contribution in [2.75, 3.05) is 19.8 Å². The minimum absolute atomic E-state index is 0.0300. The van der Waals surface area contributed by atoms with Crippen molar-refractivity contribution in [2.24, 2.45) is 5.41 Å². The topological polar surface area (TPSA) is 104 Å². The number of rotatable bonds is 9. The summed E-state index contributed by atoms with van der Waals surface area (Å²) in [5.74, 6) is -0.724. The number of nitrogens with one attached hydrogen (secondary N) is 2. The second-order valence-corrected chi connectivity index (χ2v) is 13.3. The number of aliphatic hydroxyl groups is 2. The van der Waals surface area contributed by atoms with Gasteiger partial charge < -0.3 is 25.4 Å². The highest BCUT2D eigenvalue weighted by Crippen LogP contribution is 2.37. The normalized spacial score (nSPS) is 19.6. The zero-order chi connectivity index (χ0) is 28.6. The van der Waals surface area contributed by atoms with Gasteiger partial charge in [0.25, 0.3) is 11.5 Å². The number of hydrogen-bond donors (Lipinski definition) is 4. The van der Waals surface area contributed by atoms with Gasteiger partial charge in [-0.25, -0.2) is 4.39 Å². The summed E-state index contributed by atoms with van der Waals surface area (Å²) in [6.07, 6.45) is 5.49. The number of aromatic nitrogens is 1. The van der Waals surface area contributed by atoms with Gasteiger partial charge >= 0.3 is 0 Å². The number of thioether (sulfide) groups is 1. The molecule has 1 aromatic heterocycles. The van der Waals surface area contributed by atoms with E-state index in [0.717, 1.165) is 48.1 Å². The Hall–Kier alpha value is -2.72. The van der Waals surface area contributed by atoms with Crippen LogP contribution in [0.1, 0.15) is 55.5 Å². The molecule has 0 radical (unpaired) electrons. The minimum Gasteiger partial charge on any atom is -0.396 e. The molecule has 7 nitrogen and oxygen atoms in total. The summed E-state index contributed by atoms with van der Waals surface area (Å²) in [5, 5.41) is 27.4. The van der Waals surface area contributed by atoms with Gasteiger partial charge in [-0.1, -0.05) is 19.9 Å². The van der Waals surface area contributed by atoms with Crippen LogP contribution in [-0.4, -0.2) is 57.8 Å². The molecule has 214 valence electrons. The highest BCUT2D eigenvalue weighted by Gasteiger charge is 2.26. The molecule has 9 heteroatoms. The Morgan fingerprint density at radius 1 is 1.18 bits per heavy atom. The smallest absolute Gasteiger partial charge is 0.258 e. The van der Waals surface area contributed by atoms with Gasteiger partial charge in [0.2, 0.25) is 0 Å². The van der Waals surface area contributed by atoms with Crippen LogP contribution in [0, 0.1) is 18.2 Å². The second-order valence-electron chi connectivity index (χ2n) is 12.0. The fraction of sp³-hybridized carbons (Fsp3) is 0.484. The lowest BCUT2D eigenvalue weighted by atomic mass is 9.94. The summed E-state index contributed by atoms with van der Waals surface area (Å²) in [6, 6.07) is 8.74. The van der Waals surface area contributed by atoms with E-state index in [1.165, 1.54) is 6.07 Å². The number of halogens is 1. The number of pyridine rings is 1. The first-order valence-corrected chi connectivity index (χ1v) is 14.9. The molecule has 4 N–H and O–H groups in total. The van der Waals surface area contributed by atoms with Crippen molar-refractivity contribution in [3.8, 4) is 11.1 Å². The number of amides is 1. The summed E-state index contributed by atoms with van der Waals surface area (Å²) in [7, 11) is 0. The van der Waals surface area contributed by atoms with Crippen molar-refractivity contribution in [1.29, 1.82) is 0 Å². The van der Waals surface area contributed by atoms with Crippen LogP contribution in [0.25, 0.3) is 21.9 Å². The van der Waals surface area contributed by atoms with Crippen molar-refractivity contribution < 1.29 is 19.4 Å². The summed E-state index contributed by atoms with van der Waals surface area (Å²) < 4.78 is 16.7. The van der Waals surface area contributed by atoms with E-state index in [9.17, 15) is 19.8 Å². The molecule has 2 aromatic carbocycles. The first-order valence-electron chi connectivity index (χ1n) is 14.0. The minimum atomic E-state index is -0.480. The van der Waals surface area contributed by atoms with Crippen LogP contribution < -0.4 is 16.2 Å². The van der Waals surface area contributed by atoms with Gasteiger partial charge in [0.1, 0.15) is 5.82 Å². The van der Waals surface area contributed by atoms with Crippen molar-refractivity contribution in [3.63, 3.8) is 0 Å². The van der Waals surface area contributed by atoms with Crippen LogP contribution in [0.3, 0.4) is 0 Å².